The Bertz CT molecular complexity index is 638. The second kappa shape index (κ2) is 6.91. The van der Waals surface area contributed by atoms with Crippen molar-refractivity contribution in [3.8, 4) is 0 Å². The summed E-state index contributed by atoms with van der Waals surface area (Å²) in [7, 11) is 0. The molecule has 1 saturated heterocycles. The zero-order chi connectivity index (χ0) is 16.2. The van der Waals surface area contributed by atoms with Gasteiger partial charge in [-0.1, -0.05) is 0 Å². The molecule has 1 aliphatic rings. The van der Waals surface area contributed by atoms with Crippen molar-refractivity contribution >= 4 is 5.97 Å². The number of aromatic amines is 1. The second-order valence-electron chi connectivity index (χ2n) is 6.14. The van der Waals surface area contributed by atoms with Gasteiger partial charge in [-0.3, -0.25) is 4.79 Å². The maximum absolute atomic E-state index is 11.1. The molecule has 0 unspecified atom stereocenters. The lowest BCUT2D eigenvalue weighted by molar-refractivity contribution is -0.138. The molecule has 2 atom stereocenters. The minimum Gasteiger partial charge on any atom is -0.481 e. The molecule has 8 nitrogen and oxygen atoms in total. The highest BCUT2D eigenvalue weighted by Gasteiger charge is 2.36. The number of aromatic nitrogens is 5. The number of aryl methyl sites for hydroxylation is 2. The molecule has 124 valence electrons. The van der Waals surface area contributed by atoms with Gasteiger partial charge in [0.2, 0.25) is 0 Å². The van der Waals surface area contributed by atoms with E-state index in [0.717, 1.165) is 44.1 Å². The van der Waals surface area contributed by atoms with Crippen molar-refractivity contribution in [1.29, 1.82) is 0 Å². The average molecular weight is 318 g/mol. The molecule has 0 aliphatic carbocycles. The summed E-state index contributed by atoms with van der Waals surface area (Å²) in [5, 5.41) is 19.8. The lowest BCUT2D eigenvalue weighted by Crippen LogP contribution is -2.23. The van der Waals surface area contributed by atoms with Gasteiger partial charge >= 0.3 is 5.97 Å². The number of carbonyl (C=O) groups is 1. The third kappa shape index (κ3) is 3.76. The fourth-order valence-electron chi connectivity index (χ4n) is 3.40. The molecule has 0 radical (unpaired) electrons. The molecule has 0 bridgehead atoms. The molecule has 0 saturated carbocycles. The van der Waals surface area contributed by atoms with Gasteiger partial charge in [0.15, 0.2) is 0 Å². The molecule has 3 rings (SSSR count). The summed E-state index contributed by atoms with van der Waals surface area (Å²) in [5.41, 5.74) is 0.865. The van der Waals surface area contributed by atoms with Crippen LogP contribution in [0.2, 0.25) is 0 Å². The van der Waals surface area contributed by atoms with Gasteiger partial charge < -0.3 is 14.6 Å². The van der Waals surface area contributed by atoms with Crippen molar-refractivity contribution in [2.75, 3.05) is 19.6 Å². The number of aliphatic carboxylic acids is 1. The van der Waals surface area contributed by atoms with E-state index in [2.05, 4.69) is 29.9 Å². The van der Waals surface area contributed by atoms with Crippen molar-refractivity contribution in [3.05, 3.63) is 30.1 Å². The van der Waals surface area contributed by atoms with E-state index in [1.165, 1.54) is 0 Å². The molecule has 2 aromatic heterocycles. The van der Waals surface area contributed by atoms with Gasteiger partial charge in [0.05, 0.1) is 18.3 Å². The fourth-order valence-corrected chi connectivity index (χ4v) is 3.40. The van der Waals surface area contributed by atoms with Crippen molar-refractivity contribution < 1.29 is 9.90 Å². The predicted molar refractivity (Wildman–Crippen MR) is 82.9 cm³/mol. The second-order valence-corrected chi connectivity index (χ2v) is 6.14. The lowest BCUT2D eigenvalue weighted by Gasteiger charge is -2.15. The number of hydrogen-bond donors (Lipinski definition) is 2. The van der Waals surface area contributed by atoms with Gasteiger partial charge in [-0.15, -0.1) is 0 Å². The van der Waals surface area contributed by atoms with Crippen LogP contribution < -0.4 is 0 Å². The van der Waals surface area contributed by atoms with E-state index < -0.39 is 5.97 Å². The van der Waals surface area contributed by atoms with Crippen molar-refractivity contribution in [1.82, 2.24) is 29.9 Å². The minimum absolute atomic E-state index is 0.0904. The first-order valence-electron chi connectivity index (χ1n) is 7.91. The number of imidazole rings is 1. The van der Waals surface area contributed by atoms with Gasteiger partial charge in [0.1, 0.15) is 5.82 Å². The highest BCUT2D eigenvalue weighted by Crippen LogP contribution is 2.33. The summed E-state index contributed by atoms with van der Waals surface area (Å²) in [5.74, 6) is 0.502. The Morgan fingerprint density at radius 1 is 1.43 bits per heavy atom. The highest BCUT2D eigenvalue weighted by atomic mass is 16.4. The molecule has 3 heterocycles. The number of nitrogens with one attached hydrogen (secondary N) is 1. The van der Waals surface area contributed by atoms with Gasteiger partial charge in [-0.2, -0.15) is 15.4 Å². The Labute approximate surface area is 134 Å². The van der Waals surface area contributed by atoms with Crippen molar-refractivity contribution in [2.45, 2.75) is 32.2 Å². The molecular weight excluding hydrogens is 296 g/mol. The van der Waals surface area contributed by atoms with Crippen LogP contribution in [0.15, 0.2) is 18.6 Å². The molecule has 2 N–H and O–H groups in total. The maximum Gasteiger partial charge on any atom is 0.303 e. The van der Waals surface area contributed by atoms with Crippen LogP contribution in [0.4, 0.5) is 0 Å². The molecule has 1 aliphatic heterocycles. The Hall–Kier alpha value is -2.22. The quantitative estimate of drug-likeness (QED) is 0.786. The van der Waals surface area contributed by atoms with Crippen LogP contribution in [0.5, 0.6) is 0 Å². The van der Waals surface area contributed by atoms with Crippen LogP contribution in [0.3, 0.4) is 0 Å². The first-order chi connectivity index (χ1) is 11.1. The average Bonchev–Trinajstić information content (AvgIpc) is 3.20. The lowest BCUT2D eigenvalue weighted by atomic mass is 9.91. The smallest absolute Gasteiger partial charge is 0.303 e. The van der Waals surface area contributed by atoms with E-state index in [1.807, 2.05) is 19.3 Å². The van der Waals surface area contributed by atoms with Crippen LogP contribution in [0.1, 0.15) is 30.3 Å². The van der Waals surface area contributed by atoms with Crippen molar-refractivity contribution in [3.63, 3.8) is 0 Å². The monoisotopic (exact) mass is 318 g/mol. The number of carboxylic acids is 1. The molecule has 1 fully saturated rings. The normalized spacial score (nSPS) is 21.8. The first-order valence-corrected chi connectivity index (χ1v) is 7.91. The third-order valence-corrected chi connectivity index (χ3v) is 4.56. The topological polar surface area (TPSA) is 99.9 Å². The van der Waals surface area contributed by atoms with Crippen LogP contribution >= 0.6 is 0 Å². The van der Waals surface area contributed by atoms with E-state index in [4.69, 9.17) is 5.11 Å². The number of hydrogen-bond acceptors (Lipinski definition) is 5. The maximum atomic E-state index is 11.1. The summed E-state index contributed by atoms with van der Waals surface area (Å²) in [6, 6.07) is 0. The first kappa shape index (κ1) is 15.7. The Kier molecular flexibility index (Phi) is 4.71. The number of carboxylic acid groups (broad SMARTS) is 1. The van der Waals surface area contributed by atoms with Crippen LogP contribution in [0.25, 0.3) is 0 Å². The zero-order valence-corrected chi connectivity index (χ0v) is 13.2. The Balaban J connectivity index is 1.56. The van der Waals surface area contributed by atoms with Gasteiger partial charge in [0.25, 0.3) is 0 Å². The predicted octanol–water partition coefficient (Wildman–Crippen LogP) is 0.890. The minimum atomic E-state index is -0.751. The number of likely N-dealkylation sites (tertiary alicyclic amines) is 1. The molecule has 0 aromatic carbocycles. The summed E-state index contributed by atoms with van der Waals surface area (Å²) in [4.78, 5) is 17.7. The van der Waals surface area contributed by atoms with Crippen LogP contribution in [-0.2, 0) is 11.3 Å². The van der Waals surface area contributed by atoms with E-state index in [1.54, 1.807) is 6.20 Å². The summed E-state index contributed by atoms with van der Waals surface area (Å²) in [6.07, 6.45) is 6.70. The van der Waals surface area contributed by atoms with Crippen LogP contribution in [0, 0.1) is 12.8 Å². The third-order valence-electron chi connectivity index (χ3n) is 4.56. The number of rotatable bonds is 7. The summed E-state index contributed by atoms with van der Waals surface area (Å²) >= 11 is 0. The SMILES string of the molecule is Cc1nccn1CCCN1C[C@H](CC(=O)O)[C@H](c2cn[nH]n2)C1. The number of nitrogens with zero attached hydrogens (tertiary/aromatic N) is 5. The summed E-state index contributed by atoms with van der Waals surface area (Å²) < 4.78 is 2.14. The zero-order valence-electron chi connectivity index (χ0n) is 13.2. The van der Waals surface area contributed by atoms with Crippen molar-refractivity contribution in [2.24, 2.45) is 5.92 Å². The van der Waals surface area contributed by atoms with Gasteiger partial charge in [-0.05, 0) is 25.8 Å². The van der Waals surface area contributed by atoms with Gasteiger partial charge in [0, 0.05) is 37.9 Å². The Morgan fingerprint density at radius 3 is 2.96 bits per heavy atom. The van der Waals surface area contributed by atoms with Crippen LogP contribution in [-0.4, -0.2) is 60.6 Å². The highest BCUT2D eigenvalue weighted by molar-refractivity contribution is 5.67. The molecule has 8 heteroatoms. The standard InChI is InChI=1S/C15H22N6O2/c1-11-16-3-6-21(11)5-2-4-20-9-12(7-15(22)23)13(10-20)14-8-17-19-18-14/h3,6,8,12-13H,2,4-5,7,9-10H2,1H3,(H,22,23)(H,17,18,19)/t12-,13+/m0/s1. The Morgan fingerprint density at radius 2 is 2.30 bits per heavy atom. The molecule has 23 heavy (non-hydrogen) atoms. The number of H-pyrrole nitrogens is 1. The van der Waals surface area contributed by atoms with E-state index in [0.29, 0.717) is 0 Å². The largest absolute Gasteiger partial charge is 0.481 e. The van der Waals surface area contributed by atoms with E-state index >= 15 is 0 Å². The van der Waals surface area contributed by atoms with E-state index in [9.17, 15) is 4.79 Å². The molecular formula is C15H22N6O2. The molecule has 0 spiro atoms. The van der Waals surface area contributed by atoms with E-state index in [-0.39, 0.29) is 18.3 Å². The molecule has 0 amide bonds. The molecule has 2 aromatic rings. The summed E-state index contributed by atoms with van der Waals surface area (Å²) in [6.45, 7) is 5.52. The van der Waals surface area contributed by atoms with Gasteiger partial charge in [-0.25, -0.2) is 4.98 Å². The fraction of sp³-hybridized carbons (Fsp3) is 0.600.